The minimum Gasteiger partial charge on any atom is -0.492 e. The Labute approximate surface area is 103 Å². The summed E-state index contributed by atoms with van der Waals surface area (Å²) in [4.78, 5) is 0. The Kier molecular flexibility index (Phi) is 7.52. The van der Waals surface area contributed by atoms with E-state index in [-0.39, 0.29) is 11.6 Å². The van der Waals surface area contributed by atoms with E-state index in [0.29, 0.717) is 5.69 Å². The third-order valence-electron chi connectivity index (χ3n) is 1.94. The van der Waals surface area contributed by atoms with E-state index in [2.05, 4.69) is 11.9 Å². The van der Waals surface area contributed by atoms with Gasteiger partial charge in [0.25, 0.3) is 0 Å². The van der Waals surface area contributed by atoms with Crippen LogP contribution in [0.2, 0.25) is 0 Å². The van der Waals surface area contributed by atoms with E-state index in [4.69, 9.17) is 4.74 Å². The molecule has 0 aliphatic rings. The quantitative estimate of drug-likeness (QED) is 0.788. The highest BCUT2D eigenvalue weighted by molar-refractivity contribution is 5.59. The predicted octanol–water partition coefficient (Wildman–Crippen LogP) is 4.36. The smallest absolute Gasteiger partial charge is 0.177 e. The van der Waals surface area contributed by atoms with Crippen molar-refractivity contribution in [1.82, 2.24) is 0 Å². The monoisotopic (exact) mass is 237 g/mol. The Morgan fingerprint density at radius 3 is 2.47 bits per heavy atom. The molecule has 0 unspecified atom stereocenters. The summed E-state index contributed by atoms with van der Waals surface area (Å²) in [5, 5.41) is 3.05. The van der Waals surface area contributed by atoms with Crippen LogP contribution < -0.4 is 10.1 Å². The van der Waals surface area contributed by atoms with Gasteiger partial charge in [-0.15, -0.1) is 6.58 Å². The second-order valence-electron chi connectivity index (χ2n) is 3.33. The maximum absolute atomic E-state index is 13.2. The van der Waals surface area contributed by atoms with E-state index < -0.39 is 0 Å². The van der Waals surface area contributed by atoms with Crippen molar-refractivity contribution in [2.45, 2.75) is 20.8 Å². The number of halogens is 1. The molecule has 0 bridgehead atoms. The number of methoxy groups -OCH3 is 1. The van der Waals surface area contributed by atoms with Crippen molar-refractivity contribution in [2.75, 3.05) is 12.4 Å². The lowest BCUT2D eigenvalue weighted by molar-refractivity contribution is 0.388. The van der Waals surface area contributed by atoms with Crippen LogP contribution in [0.4, 0.5) is 10.1 Å². The number of ether oxygens (including phenoxy) is 1. The molecule has 0 spiro atoms. The normalized spacial score (nSPS) is 10.1. The molecular weight excluding hydrogens is 217 g/mol. The van der Waals surface area contributed by atoms with Crippen LogP contribution in [0.25, 0.3) is 0 Å². The number of hydrogen-bond acceptors (Lipinski definition) is 2. The van der Waals surface area contributed by atoms with Gasteiger partial charge in [-0.2, -0.15) is 0 Å². The fourth-order valence-corrected chi connectivity index (χ4v) is 1.10. The number of nitrogens with one attached hydrogen (secondary N) is 1. The summed E-state index contributed by atoms with van der Waals surface area (Å²) in [6.07, 6.45) is 3.66. The van der Waals surface area contributed by atoms with Gasteiger partial charge in [0, 0.05) is 5.70 Å². The summed E-state index contributed by atoms with van der Waals surface area (Å²) in [6, 6.07) is 4.78. The van der Waals surface area contributed by atoms with E-state index >= 15 is 0 Å². The van der Waals surface area contributed by atoms with Gasteiger partial charge in [0.2, 0.25) is 0 Å². The molecule has 0 aromatic heterocycles. The Morgan fingerprint density at radius 2 is 2.00 bits per heavy atom. The maximum atomic E-state index is 13.2. The summed E-state index contributed by atoms with van der Waals surface area (Å²) in [5.74, 6) is -0.116. The predicted molar refractivity (Wildman–Crippen MR) is 71.9 cm³/mol. The summed E-state index contributed by atoms with van der Waals surface area (Å²) in [7, 11) is 1.45. The van der Waals surface area contributed by atoms with Crippen molar-refractivity contribution >= 4 is 5.69 Å². The molecule has 0 atom stereocenters. The molecule has 94 valence electrons. The molecule has 0 aliphatic carbocycles. The second-order valence-corrected chi connectivity index (χ2v) is 3.33. The fraction of sp³-hybridized carbons (Fsp3) is 0.286. The third kappa shape index (κ3) is 5.20. The Morgan fingerprint density at radius 1 is 1.41 bits per heavy atom. The average Bonchev–Trinajstić information content (AvgIpc) is 2.30. The topological polar surface area (TPSA) is 21.3 Å². The molecule has 2 nitrogen and oxygen atoms in total. The van der Waals surface area contributed by atoms with E-state index in [0.717, 1.165) is 5.70 Å². The first-order chi connectivity index (χ1) is 8.10. The number of hydrogen-bond donors (Lipinski definition) is 1. The first-order valence-electron chi connectivity index (χ1n) is 5.40. The zero-order chi connectivity index (χ0) is 13.3. The van der Waals surface area contributed by atoms with Crippen LogP contribution in [0.5, 0.6) is 5.75 Å². The highest BCUT2D eigenvalue weighted by Gasteiger charge is 2.07. The van der Waals surface area contributed by atoms with Gasteiger partial charge in [-0.1, -0.05) is 18.2 Å². The molecule has 0 amide bonds. The lowest BCUT2D eigenvalue weighted by Crippen LogP contribution is -1.99. The Balaban J connectivity index is 0.000000770. The van der Waals surface area contributed by atoms with Crippen LogP contribution in [-0.4, -0.2) is 7.11 Å². The first-order valence-corrected chi connectivity index (χ1v) is 5.40. The van der Waals surface area contributed by atoms with Gasteiger partial charge < -0.3 is 10.1 Å². The molecule has 0 saturated carbocycles. The molecule has 1 aromatic carbocycles. The third-order valence-corrected chi connectivity index (χ3v) is 1.94. The number of para-hydroxylation sites is 1. The van der Waals surface area contributed by atoms with Gasteiger partial charge in [0.1, 0.15) is 0 Å². The van der Waals surface area contributed by atoms with Crippen molar-refractivity contribution in [1.29, 1.82) is 0 Å². The summed E-state index contributed by atoms with van der Waals surface area (Å²) in [5.41, 5.74) is 1.59. The zero-order valence-electron chi connectivity index (χ0n) is 10.9. The SMILES string of the molecule is C/C=C(/C)Nc1cccc(F)c1OC.C=CC. The van der Waals surface area contributed by atoms with Crippen molar-refractivity contribution in [3.8, 4) is 5.75 Å². The Bertz CT molecular complexity index is 386. The van der Waals surface area contributed by atoms with Crippen molar-refractivity contribution in [2.24, 2.45) is 0 Å². The lowest BCUT2D eigenvalue weighted by atomic mass is 10.2. The van der Waals surface area contributed by atoms with Crippen LogP contribution in [-0.2, 0) is 0 Å². The molecule has 1 N–H and O–H groups in total. The molecule has 0 saturated heterocycles. The van der Waals surface area contributed by atoms with Crippen LogP contribution >= 0.6 is 0 Å². The van der Waals surface area contributed by atoms with Crippen LogP contribution in [0.15, 0.2) is 42.6 Å². The molecule has 0 radical (unpaired) electrons. The fourth-order valence-electron chi connectivity index (χ4n) is 1.10. The molecule has 3 heteroatoms. The number of rotatable bonds is 3. The van der Waals surface area contributed by atoms with Crippen LogP contribution in [0.3, 0.4) is 0 Å². The largest absolute Gasteiger partial charge is 0.492 e. The molecule has 0 aliphatic heterocycles. The zero-order valence-corrected chi connectivity index (χ0v) is 10.9. The van der Waals surface area contributed by atoms with Crippen molar-refractivity contribution in [3.63, 3.8) is 0 Å². The van der Waals surface area contributed by atoms with Gasteiger partial charge in [0.05, 0.1) is 12.8 Å². The van der Waals surface area contributed by atoms with E-state index in [1.165, 1.54) is 13.2 Å². The second kappa shape index (κ2) is 8.39. The number of allylic oxidation sites excluding steroid dienone is 3. The molecule has 0 heterocycles. The highest BCUT2D eigenvalue weighted by Crippen LogP contribution is 2.28. The molecule has 17 heavy (non-hydrogen) atoms. The molecular formula is C14H20FNO. The molecule has 1 aromatic rings. The van der Waals surface area contributed by atoms with Gasteiger partial charge in [-0.25, -0.2) is 4.39 Å². The first kappa shape index (κ1) is 15.2. The minimum atomic E-state index is -0.360. The summed E-state index contributed by atoms with van der Waals surface area (Å²) >= 11 is 0. The minimum absolute atomic E-state index is 0.244. The van der Waals surface area contributed by atoms with Gasteiger partial charge in [-0.3, -0.25) is 0 Å². The van der Waals surface area contributed by atoms with E-state index in [1.54, 1.807) is 18.2 Å². The van der Waals surface area contributed by atoms with Gasteiger partial charge in [-0.05, 0) is 32.9 Å². The lowest BCUT2D eigenvalue weighted by Gasteiger charge is -2.11. The van der Waals surface area contributed by atoms with Crippen LogP contribution in [0, 0.1) is 5.82 Å². The van der Waals surface area contributed by atoms with Gasteiger partial charge >= 0.3 is 0 Å². The summed E-state index contributed by atoms with van der Waals surface area (Å²) < 4.78 is 18.2. The molecule has 1 rings (SSSR count). The van der Waals surface area contributed by atoms with E-state index in [1.807, 2.05) is 26.8 Å². The van der Waals surface area contributed by atoms with Gasteiger partial charge in [0.15, 0.2) is 11.6 Å². The highest BCUT2D eigenvalue weighted by atomic mass is 19.1. The van der Waals surface area contributed by atoms with E-state index in [9.17, 15) is 4.39 Å². The number of benzene rings is 1. The number of anilines is 1. The summed E-state index contributed by atoms with van der Waals surface area (Å²) in [6.45, 7) is 9.07. The Hall–Kier alpha value is -1.77. The average molecular weight is 237 g/mol. The standard InChI is InChI=1S/C11H14FNO.C3H6/c1-4-8(2)13-10-7-5-6-9(12)11(10)14-3;1-3-2/h4-7,13H,1-3H3;3H,1H2,2H3/b8-4-;. The van der Waals surface area contributed by atoms with Crippen LogP contribution in [0.1, 0.15) is 20.8 Å². The van der Waals surface area contributed by atoms with Crippen molar-refractivity contribution in [3.05, 3.63) is 48.4 Å². The maximum Gasteiger partial charge on any atom is 0.177 e. The molecule has 0 fully saturated rings. The van der Waals surface area contributed by atoms with Crippen molar-refractivity contribution < 1.29 is 9.13 Å².